The number of aliphatic hydroxyl groups excluding tert-OH is 1. The van der Waals surface area contributed by atoms with E-state index in [2.05, 4.69) is 50.8 Å². The first-order valence-electron chi connectivity index (χ1n) is 16.9. The van der Waals surface area contributed by atoms with Crippen LogP contribution in [0.2, 0.25) is 0 Å². The lowest BCUT2D eigenvalue weighted by Gasteiger charge is -2.06. The highest BCUT2D eigenvalue weighted by molar-refractivity contribution is 6.06. The Bertz CT molecular complexity index is 2490. The Morgan fingerprint density at radius 3 is 1.59 bits per heavy atom. The molecule has 0 bridgehead atoms. The van der Waals surface area contributed by atoms with Crippen molar-refractivity contribution >= 4 is 46.4 Å². The lowest BCUT2D eigenvalue weighted by molar-refractivity contribution is 0.0602. The Morgan fingerprint density at radius 2 is 1.14 bits per heavy atom. The third kappa shape index (κ3) is 6.55. The van der Waals surface area contributed by atoms with Gasteiger partial charge in [-0.3, -0.25) is 4.79 Å². The molecule has 56 heavy (non-hydrogen) atoms. The number of rotatable bonds is 11. The van der Waals surface area contributed by atoms with Crippen molar-refractivity contribution in [1.82, 2.24) is 49.1 Å². The molecule has 0 saturated heterocycles. The van der Waals surface area contributed by atoms with Crippen LogP contribution in [-0.2, 0) is 18.8 Å². The molecule has 0 unspecified atom stereocenters. The number of nitrogens with two attached hydrogens (primary N) is 2. The Balaban J connectivity index is 1.20. The Labute approximate surface area is 317 Å². The minimum atomic E-state index is -0.746. The Hall–Kier alpha value is -7.74. The van der Waals surface area contributed by atoms with Crippen LogP contribution in [0.3, 0.4) is 0 Å². The second-order valence-electron chi connectivity index (χ2n) is 12.2. The highest BCUT2D eigenvalue weighted by Crippen LogP contribution is 2.37. The van der Waals surface area contributed by atoms with E-state index in [9.17, 15) is 14.7 Å². The maximum atomic E-state index is 12.9. The molecule has 5 N–H and O–H groups in total. The molecule has 0 saturated carbocycles. The summed E-state index contributed by atoms with van der Waals surface area (Å²) in [6.07, 6.45) is 1.29. The number of Topliss-reactive ketones (excluding diaryl/α,β-unsaturated/α-hetero) is 1. The first kappa shape index (κ1) is 36.6. The van der Waals surface area contributed by atoms with Gasteiger partial charge in [0.05, 0.1) is 24.1 Å². The number of hydrogen-bond acceptors (Lipinski definition) is 16. The van der Waals surface area contributed by atoms with E-state index in [1.165, 1.54) is 32.2 Å². The number of esters is 1. The number of hydrogen-bond donors (Lipinski definition) is 3. The highest BCUT2D eigenvalue weighted by Gasteiger charge is 2.27. The van der Waals surface area contributed by atoms with Crippen LogP contribution in [-0.4, -0.2) is 79.7 Å². The molecule has 0 aliphatic heterocycles. The molecule has 7 rings (SSSR count). The molecular formula is C36H34N16O4. The summed E-state index contributed by atoms with van der Waals surface area (Å²) in [4.78, 5) is 34.5. The van der Waals surface area contributed by atoms with Crippen LogP contribution >= 0.6 is 0 Å². The van der Waals surface area contributed by atoms with E-state index in [-0.39, 0.29) is 57.4 Å². The largest absolute Gasteiger partial charge is 0.465 e. The topological polar surface area (TPSA) is 262 Å². The lowest BCUT2D eigenvalue weighted by atomic mass is 10.0. The van der Waals surface area contributed by atoms with Crippen molar-refractivity contribution in [3.05, 3.63) is 95.6 Å². The summed E-state index contributed by atoms with van der Waals surface area (Å²) >= 11 is 0. The van der Waals surface area contributed by atoms with Gasteiger partial charge in [0.25, 0.3) is 0 Å². The first-order chi connectivity index (χ1) is 27.0. The third-order valence-electron chi connectivity index (χ3n) is 8.63. The number of carbonyl (C=O) groups excluding carboxylic acids is 2. The van der Waals surface area contributed by atoms with E-state index in [1.54, 1.807) is 46.1 Å². The molecule has 0 atom stereocenters. The molecule has 5 heterocycles. The normalized spacial score (nSPS) is 11.6. The maximum Gasteiger partial charge on any atom is 0.344 e. The molecule has 20 nitrogen and oxygen atoms in total. The SMILES string of the molecule is COC(=O)c1c(-c2ccccc2)nn(C)c1N=Nc1c(C)nn(-c2cc(-n3nc(C)c(N=Nc4c(C(=O)CO)c(-c5ccccc5)nn4C)c3N)ncn2)c1N. The minimum Gasteiger partial charge on any atom is -0.465 e. The van der Waals surface area contributed by atoms with E-state index in [0.717, 1.165) is 0 Å². The predicted octanol–water partition coefficient (Wildman–Crippen LogP) is 5.22. The van der Waals surface area contributed by atoms with Crippen LogP contribution in [0.1, 0.15) is 32.1 Å². The zero-order valence-corrected chi connectivity index (χ0v) is 30.7. The number of aliphatic hydroxyl groups is 1. The number of carbonyl (C=O) groups is 2. The number of nitrogens with zero attached hydrogens (tertiary/aromatic N) is 14. The monoisotopic (exact) mass is 754 g/mol. The van der Waals surface area contributed by atoms with E-state index >= 15 is 0 Å². The minimum absolute atomic E-state index is 0.0861. The number of anilines is 2. The van der Waals surface area contributed by atoms with Crippen LogP contribution in [0, 0.1) is 13.8 Å². The molecule has 282 valence electrons. The van der Waals surface area contributed by atoms with E-state index in [4.69, 9.17) is 16.2 Å². The fraction of sp³-hybridized carbons (Fsp3) is 0.167. The van der Waals surface area contributed by atoms with Gasteiger partial charge in [0.15, 0.2) is 52.1 Å². The van der Waals surface area contributed by atoms with Crippen molar-refractivity contribution in [3.8, 4) is 34.2 Å². The molecule has 7 aromatic rings. The van der Waals surface area contributed by atoms with Crippen molar-refractivity contribution in [2.24, 2.45) is 34.6 Å². The predicted molar refractivity (Wildman–Crippen MR) is 203 cm³/mol. The van der Waals surface area contributed by atoms with Crippen LogP contribution in [0.25, 0.3) is 34.2 Å². The van der Waals surface area contributed by atoms with Gasteiger partial charge in [-0.1, -0.05) is 60.7 Å². The molecule has 2 aromatic carbocycles. The number of nitrogen functional groups attached to an aromatic ring is 2. The summed E-state index contributed by atoms with van der Waals surface area (Å²) in [6, 6.07) is 19.8. The van der Waals surface area contributed by atoms with Crippen LogP contribution in [0.4, 0.5) is 34.6 Å². The van der Waals surface area contributed by atoms with Crippen LogP contribution < -0.4 is 11.5 Å². The standard InChI is InChI=1S/C36H34N16O4/c1-19-28(41-43-34-26(23(54)17-53)30(47-49(34)3)21-12-8-6-9-13-21)32(37)51(45-19)24-16-25(40-18-39-24)52-33(38)29(20(2)46-52)42-44-35-27(36(55)56-5)31(48-50(35)4)22-14-10-7-11-15-22/h6-16,18,53H,17,37-38H2,1-5H3. The Morgan fingerprint density at radius 1 is 0.696 bits per heavy atom. The highest BCUT2D eigenvalue weighted by atomic mass is 16.5. The van der Waals surface area contributed by atoms with Gasteiger partial charge in [-0.2, -0.15) is 29.8 Å². The molecule has 0 spiro atoms. The van der Waals surface area contributed by atoms with Gasteiger partial charge in [-0.15, -0.1) is 20.5 Å². The van der Waals surface area contributed by atoms with Crippen molar-refractivity contribution in [3.63, 3.8) is 0 Å². The zero-order chi connectivity index (χ0) is 39.7. The number of aryl methyl sites for hydroxylation is 4. The van der Waals surface area contributed by atoms with Gasteiger partial charge in [0.2, 0.25) is 0 Å². The molecule has 0 aliphatic carbocycles. The molecule has 20 heteroatoms. The number of methoxy groups -OCH3 is 1. The second kappa shape index (κ2) is 14.9. The van der Waals surface area contributed by atoms with Crippen molar-refractivity contribution in [1.29, 1.82) is 0 Å². The van der Waals surface area contributed by atoms with Gasteiger partial charge in [0.1, 0.15) is 29.9 Å². The van der Waals surface area contributed by atoms with Crippen molar-refractivity contribution < 1.29 is 19.4 Å². The van der Waals surface area contributed by atoms with Crippen LogP contribution in [0.15, 0.2) is 93.5 Å². The number of benzene rings is 2. The number of azo groups is 2. The summed E-state index contributed by atoms with van der Waals surface area (Å²) in [5.41, 5.74) is 16.7. The van der Waals surface area contributed by atoms with Gasteiger partial charge >= 0.3 is 5.97 Å². The summed E-state index contributed by atoms with van der Waals surface area (Å²) in [6.45, 7) is 2.63. The summed E-state index contributed by atoms with van der Waals surface area (Å²) in [5, 5.41) is 45.2. The van der Waals surface area contributed by atoms with E-state index in [1.807, 2.05) is 48.5 Å². The fourth-order valence-corrected chi connectivity index (χ4v) is 5.92. The van der Waals surface area contributed by atoms with E-state index < -0.39 is 18.4 Å². The Kier molecular flexibility index (Phi) is 9.77. The maximum absolute atomic E-state index is 12.9. The molecular weight excluding hydrogens is 721 g/mol. The molecule has 0 fully saturated rings. The van der Waals surface area contributed by atoms with Gasteiger partial charge in [0, 0.05) is 31.3 Å². The van der Waals surface area contributed by atoms with E-state index in [0.29, 0.717) is 33.9 Å². The van der Waals surface area contributed by atoms with Gasteiger partial charge < -0.3 is 21.3 Å². The summed E-state index contributed by atoms with van der Waals surface area (Å²) < 4.78 is 10.6. The summed E-state index contributed by atoms with van der Waals surface area (Å²) in [7, 11) is 4.53. The number of aromatic nitrogens is 10. The van der Waals surface area contributed by atoms with Crippen molar-refractivity contribution in [2.75, 3.05) is 25.2 Å². The number of ether oxygens (including phenoxy) is 1. The molecule has 0 radical (unpaired) electrons. The smallest absolute Gasteiger partial charge is 0.344 e. The molecule has 0 amide bonds. The average molecular weight is 755 g/mol. The first-order valence-corrected chi connectivity index (χ1v) is 16.9. The van der Waals surface area contributed by atoms with Crippen molar-refractivity contribution in [2.45, 2.75) is 13.8 Å². The second-order valence-corrected chi connectivity index (χ2v) is 12.2. The zero-order valence-electron chi connectivity index (χ0n) is 30.7. The molecule has 5 aromatic heterocycles. The lowest BCUT2D eigenvalue weighted by Crippen LogP contribution is -2.09. The fourth-order valence-electron chi connectivity index (χ4n) is 5.92. The number of ketones is 1. The molecule has 0 aliphatic rings. The van der Waals surface area contributed by atoms with Gasteiger partial charge in [-0.05, 0) is 13.8 Å². The third-order valence-corrected chi connectivity index (χ3v) is 8.63. The quantitative estimate of drug-likeness (QED) is 0.0872. The van der Waals surface area contributed by atoms with Gasteiger partial charge in [-0.25, -0.2) is 24.1 Å². The van der Waals surface area contributed by atoms with Crippen LogP contribution in [0.5, 0.6) is 0 Å². The summed E-state index contributed by atoms with van der Waals surface area (Å²) in [5.74, 6) is -0.237. The average Bonchev–Trinajstić information content (AvgIpc) is 3.91.